The van der Waals surface area contributed by atoms with Gasteiger partial charge in [0.15, 0.2) is 17.3 Å². The first-order chi connectivity index (χ1) is 15.4. The Balaban J connectivity index is 1.91. The second kappa shape index (κ2) is 9.04. The van der Waals surface area contributed by atoms with Crippen LogP contribution in [0.3, 0.4) is 0 Å². The van der Waals surface area contributed by atoms with Crippen LogP contribution in [0.15, 0.2) is 41.3 Å². The number of likely N-dealkylation sites (N-methyl/N-ethyl adjacent to an activating group) is 1. The van der Waals surface area contributed by atoms with Crippen LogP contribution >= 0.6 is 0 Å². The normalized spacial score (nSPS) is 14.7. The molecule has 9 heteroatoms. The number of pyridine rings is 2. The third kappa shape index (κ3) is 4.08. The molecule has 2 aromatic heterocycles. The molecule has 0 unspecified atom stereocenters. The highest BCUT2D eigenvalue weighted by Gasteiger charge is 2.24. The maximum Gasteiger partial charge on any atom is 0.343 e. The Bertz CT molecular complexity index is 1200. The van der Waals surface area contributed by atoms with E-state index in [-0.39, 0.29) is 29.0 Å². The van der Waals surface area contributed by atoms with Gasteiger partial charge in [0.25, 0.3) is 0 Å². The lowest BCUT2D eigenvalue weighted by Crippen LogP contribution is -2.46. The van der Waals surface area contributed by atoms with Crippen molar-refractivity contribution in [3.8, 4) is 5.69 Å². The first kappa shape index (κ1) is 21.9. The van der Waals surface area contributed by atoms with Crippen LogP contribution in [0.5, 0.6) is 0 Å². The third-order valence-corrected chi connectivity index (χ3v) is 5.63. The molecular weight excluding hydrogens is 418 g/mol. The van der Waals surface area contributed by atoms with Gasteiger partial charge in [0.1, 0.15) is 11.4 Å². The van der Waals surface area contributed by atoms with Crippen molar-refractivity contribution in [2.45, 2.75) is 13.8 Å². The van der Waals surface area contributed by atoms with Gasteiger partial charge in [-0.1, -0.05) is 6.92 Å². The van der Waals surface area contributed by atoms with E-state index in [9.17, 15) is 14.0 Å². The number of aromatic nitrogens is 2. The van der Waals surface area contributed by atoms with E-state index in [0.717, 1.165) is 25.7 Å². The molecule has 0 spiro atoms. The lowest BCUT2D eigenvalue weighted by molar-refractivity contribution is 0.0524. The zero-order chi connectivity index (χ0) is 22.8. The Kier molecular flexibility index (Phi) is 6.18. The third-order valence-electron chi connectivity index (χ3n) is 5.63. The fourth-order valence-electron chi connectivity index (χ4n) is 3.86. The minimum Gasteiger partial charge on any atom is -0.462 e. The van der Waals surface area contributed by atoms with Gasteiger partial charge in [-0.25, -0.2) is 18.6 Å². The summed E-state index contributed by atoms with van der Waals surface area (Å²) in [5.41, 5.74) is -0.244. The van der Waals surface area contributed by atoms with Gasteiger partial charge in [0, 0.05) is 38.1 Å². The number of rotatable bonds is 5. The maximum atomic E-state index is 15.1. The molecule has 0 aliphatic carbocycles. The molecule has 0 bridgehead atoms. The van der Waals surface area contributed by atoms with E-state index in [1.54, 1.807) is 6.92 Å². The molecule has 168 valence electrons. The monoisotopic (exact) mass is 442 g/mol. The molecule has 3 aromatic rings. The summed E-state index contributed by atoms with van der Waals surface area (Å²) >= 11 is 0. The molecule has 1 aliphatic rings. The predicted molar refractivity (Wildman–Crippen MR) is 118 cm³/mol. The minimum absolute atomic E-state index is 0.0478. The van der Waals surface area contributed by atoms with Gasteiger partial charge in [-0.3, -0.25) is 4.79 Å². The second-order valence-electron chi connectivity index (χ2n) is 7.53. The number of hydrogen-bond donors (Lipinski definition) is 0. The van der Waals surface area contributed by atoms with Gasteiger partial charge in [0.2, 0.25) is 5.43 Å². The molecule has 3 heterocycles. The fraction of sp³-hybridized carbons (Fsp3) is 0.348. The number of anilines is 1. The van der Waals surface area contributed by atoms with Gasteiger partial charge in [0.05, 0.1) is 12.0 Å². The molecule has 1 aromatic carbocycles. The van der Waals surface area contributed by atoms with Crippen LogP contribution < -0.4 is 10.3 Å². The van der Waals surface area contributed by atoms with Crippen molar-refractivity contribution in [2.24, 2.45) is 0 Å². The molecule has 7 nitrogen and oxygen atoms in total. The number of esters is 1. The van der Waals surface area contributed by atoms with E-state index in [2.05, 4.69) is 16.8 Å². The topological polar surface area (TPSA) is 67.7 Å². The summed E-state index contributed by atoms with van der Waals surface area (Å²) in [6.45, 7) is 7.47. The van der Waals surface area contributed by atoms with Crippen molar-refractivity contribution in [1.29, 1.82) is 0 Å². The highest BCUT2D eigenvalue weighted by Crippen LogP contribution is 2.25. The lowest BCUT2D eigenvalue weighted by Gasteiger charge is -2.35. The lowest BCUT2D eigenvalue weighted by atomic mass is 10.1. The van der Waals surface area contributed by atoms with Crippen LogP contribution in [-0.4, -0.2) is 59.8 Å². The Morgan fingerprint density at radius 3 is 2.41 bits per heavy atom. The molecule has 0 N–H and O–H groups in total. The summed E-state index contributed by atoms with van der Waals surface area (Å²) in [4.78, 5) is 34.0. The Morgan fingerprint density at radius 1 is 1.09 bits per heavy atom. The quantitative estimate of drug-likeness (QED) is 0.566. The molecule has 1 aliphatic heterocycles. The number of nitrogens with zero attached hydrogens (tertiary/aromatic N) is 4. The summed E-state index contributed by atoms with van der Waals surface area (Å²) in [6.07, 6.45) is 1.32. The first-order valence-corrected chi connectivity index (χ1v) is 10.6. The molecule has 32 heavy (non-hydrogen) atoms. The number of piperazine rings is 1. The highest BCUT2D eigenvalue weighted by atomic mass is 19.1. The van der Waals surface area contributed by atoms with Crippen LogP contribution in [0, 0.1) is 11.6 Å². The Morgan fingerprint density at radius 2 is 1.78 bits per heavy atom. The van der Waals surface area contributed by atoms with Crippen LogP contribution in [0.1, 0.15) is 24.2 Å². The van der Waals surface area contributed by atoms with Crippen LogP contribution in [0.4, 0.5) is 14.6 Å². The van der Waals surface area contributed by atoms with E-state index >= 15 is 4.39 Å². The van der Waals surface area contributed by atoms with E-state index in [1.165, 1.54) is 35.0 Å². The van der Waals surface area contributed by atoms with Gasteiger partial charge >= 0.3 is 5.97 Å². The molecule has 0 saturated carbocycles. The summed E-state index contributed by atoms with van der Waals surface area (Å²) in [5.74, 6) is -1.73. The number of carbonyl (C=O) groups is 1. The van der Waals surface area contributed by atoms with Crippen molar-refractivity contribution in [3.05, 3.63) is 63.9 Å². The average Bonchev–Trinajstić information content (AvgIpc) is 2.80. The number of hydrogen-bond acceptors (Lipinski definition) is 6. The number of benzene rings is 1. The molecular formula is C23H24F2N4O3. The van der Waals surface area contributed by atoms with Crippen molar-refractivity contribution in [3.63, 3.8) is 0 Å². The largest absolute Gasteiger partial charge is 0.462 e. The summed E-state index contributed by atoms with van der Waals surface area (Å²) in [7, 11) is 0. The van der Waals surface area contributed by atoms with Crippen LogP contribution in [0.2, 0.25) is 0 Å². The van der Waals surface area contributed by atoms with Crippen molar-refractivity contribution in [2.75, 3.05) is 44.2 Å². The van der Waals surface area contributed by atoms with Crippen molar-refractivity contribution < 1.29 is 18.3 Å². The molecule has 0 atom stereocenters. The van der Waals surface area contributed by atoms with E-state index in [1.807, 2.05) is 4.90 Å². The summed E-state index contributed by atoms with van der Waals surface area (Å²) in [5, 5.41) is -0.0478. The average molecular weight is 442 g/mol. The zero-order valence-corrected chi connectivity index (χ0v) is 18.0. The standard InChI is InChI=1S/C23H24F2N4O3/c1-3-27-9-11-28(12-10-27)22-19(25)13-17-20(30)18(23(31)32-4-2)14-29(21(17)26-22)16-7-5-15(24)6-8-16/h5-8,13-14H,3-4,9-12H2,1-2H3. The van der Waals surface area contributed by atoms with Gasteiger partial charge in [-0.05, 0) is 43.8 Å². The Hall–Kier alpha value is -3.33. The van der Waals surface area contributed by atoms with Crippen molar-refractivity contribution in [1.82, 2.24) is 14.5 Å². The molecule has 0 amide bonds. The Labute approximate surface area is 183 Å². The highest BCUT2D eigenvalue weighted by molar-refractivity contribution is 5.93. The van der Waals surface area contributed by atoms with E-state index in [0.29, 0.717) is 18.8 Å². The first-order valence-electron chi connectivity index (χ1n) is 10.6. The summed E-state index contributed by atoms with van der Waals surface area (Å²) in [6, 6.07) is 6.64. The number of fused-ring (bicyclic) bond motifs is 1. The zero-order valence-electron chi connectivity index (χ0n) is 18.0. The summed E-state index contributed by atoms with van der Waals surface area (Å²) < 4.78 is 35.1. The van der Waals surface area contributed by atoms with Crippen LogP contribution in [-0.2, 0) is 4.74 Å². The van der Waals surface area contributed by atoms with Gasteiger partial charge < -0.3 is 19.1 Å². The number of ether oxygens (including phenoxy) is 1. The van der Waals surface area contributed by atoms with Gasteiger partial charge in [-0.15, -0.1) is 0 Å². The minimum atomic E-state index is -0.810. The fourth-order valence-corrected chi connectivity index (χ4v) is 3.86. The maximum absolute atomic E-state index is 15.1. The number of carbonyl (C=O) groups excluding carboxylic acids is 1. The van der Waals surface area contributed by atoms with Crippen molar-refractivity contribution >= 4 is 22.8 Å². The number of halogens is 2. The molecule has 1 saturated heterocycles. The predicted octanol–water partition coefficient (Wildman–Crippen LogP) is 2.98. The van der Waals surface area contributed by atoms with Crippen LogP contribution in [0.25, 0.3) is 16.7 Å². The van der Waals surface area contributed by atoms with E-state index in [4.69, 9.17) is 4.74 Å². The molecule has 0 radical (unpaired) electrons. The smallest absolute Gasteiger partial charge is 0.343 e. The van der Waals surface area contributed by atoms with E-state index < -0.39 is 23.0 Å². The molecule has 1 fully saturated rings. The molecule has 4 rings (SSSR count). The second-order valence-corrected chi connectivity index (χ2v) is 7.53. The SMILES string of the molecule is CCOC(=O)c1cn(-c2ccc(F)cc2)c2nc(N3CCN(CC)CC3)c(F)cc2c1=O. The van der Waals surface area contributed by atoms with Gasteiger partial charge in [-0.2, -0.15) is 0 Å².